The lowest BCUT2D eigenvalue weighted by molar-refractivity contribution is -0.117. The maximum atomic E-state index is 13.1. The molecule has 31 heavy (non-hydrogen) atoms. The summed E-state index contributed by atoms with van der Waals surface area (Å²) in [5.41, 5.74) is 0.810. The van der Waals surface area contributed by atoms with E-state index in [0.717, 1.165) is 0 Å². The number of rotatable bonds is 5. The van der Waals surface area contributed by atoms with Gasteiger partial charge in [0.25, 0.3) is 11.8 Å². The Morgan fingerprint density at radius 1 is 1.00 bits per heavy atom. The molecule has 2 aromatic carbocycles. The maximum absolute atomic E-state index is 13.1. The maximum Gasteiger partial charge on any atom is 0.270 e. The Hall–Kier alpha value is -1.31. The molecule has 2 aliphatic carbocycles. The molecule has 0 heterocycles. The van der Waals surface area contributed by atoms with Crippen LogP contribution in [-0.2, 0) is 4.79 Å². The van der Waals surface area contributed by atoms with Gasteiger partial charge in [0, 0.05) is 28.1 Å². The molecule has 4 nitrogen and oxygen atoms in total. The number of carbonyl (C=O) groups is 2. The van der Waals surface area contributed by atoms with Gasteiger partial charge in [0.1, 0.15) is 4.33 Å². The first-order valence-corrected chi connectivity index (χ1v) is 10.9. The van der Waals surface area contributed by atoms with Crippen LogP contribution in [0.4, 0.5) is 14.5 Å². The second-order valence-corrected chi connectivity index (χ2v) is 10.2. The van der Waals surface area contributed by atoms with Crippen LogP contribution in [0.2, 0.25) is 15.1 Å². The zero-order chi connectivity index (χ0) is 22.7. The van der Waals surface area contributed by atoms with Crippen LogP contribution >= 0.6 is 58.0 Å². The SMILES string of the molecule is O=C(NC1CC1(F)F)c1cc(NC(=O)[C@@H]2[C@@H](c3cc(Cl)cc(Cl)c3)C2(Cl)Cl)ccc1Cl. The normalized spacial score (nSPS) is 24.9. The van der Waals surface area contributed by atoms with E-state index in [1.54, 1.807) is 18.2 Å². The van der Waals surface area contributed by atoms with Gasteiger partial charge in [-0.05, 0) is 42.0 Å². The second-order valence-electron chi connectivity index (χ2n) is 7.51. The number of halogens is 7. The van der Waals surface area contributed by atoms with Crippen LogP contribution in [0, 0.1) is 5.92 Å². The van der Waals surface area contributed by atoms with Crippen LogP contribution in [0.25, 0.3) is 0 Å². The molecule has 2 saturated carbocycles. The fourth-order valence-corrected chi connectivity index (χ4v) is 5.00. The molecule has 4 rings (SSSR count). The molecule has 2 N–H and O–H groups in total. The van der Waals surface area contributed by atoms with Gasteiger partial charge in [-0.15, -0.1) is 23.2 Å². The third-order valence-electron chi connectivity index (χ3n) is 5.19. The zero-order valence-electron chi connectivity index (χ0n) is 15.4. The smallest absolute Gasteiger partial charge is 0.270 e. The molecule has 2 aliphatic rings. The summed E-state index contributed by atoms with van der Waals surface area (Å²) in [5, 5.41) is 5.67. The van der Waals surface area contributed by atoms with Crippen molar-refractivity contribution in [2.45, 2.75) is 28.6 Å². The summed E-state index contributed by atoms with van der Waals surface area (Å²) in [5.74, 6) is -5.51. The Kier molecular flexibility index (Phi) is 5.85. The van der Waals surface area contributed by atoms with E-state index in [4.69, 9.17) is 58.0 Å². The van der Waals surface area contributed by atoms with Crippen molar-refractivity contribution in [2.75, 3.05) is 5.32 Å². The van der Waals surface area contributed by atoms with Crippen LogP contribution in [0.1, 0.15) is 28.3 Å². The fourth-order valence-electron chi connectivity index (χ4n) is 3.43. The van der Waals surface area contributed by atoms with E-state index in [9.17, 15) is 18.4 Å². The van der Waals surface area contributed by atoms with E-state index in [-0.39, 0.29) is 16.3 Å². The Labute approximate surface area is 201 Å². The average molecular weight is 529 g/mol. The molecule has 2 amide bonds. The highest BCUT2D eigenvalue weighted by Gasteiger charge is 2.67. The first kappa shape index (κ1) is 22.9. The fraction of sp³-hybridized carbons (Fsp3) is 0.300. The van der Waals surface area contributed by atoms with Gasteiger partial charge in [0.15, 0.2) is 0 Å². The van der Waals surface area contributed by atoms with Gasteiger partial charge in [0.05, 0.1) is 22.5 Å². The van der Waals surface area contributed by atoms with Crippen molar-refractivity contribution in [2.24, 2.45) is 5.92 Å². The number of hydrogen-bond donors (Lipinski definition) is 2. The van der Waals surface area contributed by atoms with Crippen LogP contribution in [0.15, 0.2) is 36.4 Å². The average Bonchev–Trinajstić information content (AvgIpc) is 3.45. The number of benzene rings is 2. The molecule has 0 saturated heterocycles. The van der Waals surface area contributed by atoms with Gasteiger partial charge in [-0.25, -0.2) is 8.78 Å². The third-order valence-corrected chi connectivity index (χ3v) is 6.90. The Balaban J connectivity index is 1.49. The summed E-state index contributed by atoms with van der Waals surface area (Å²) in [7, 11) is 0. The first-order valence-electron chi connectivity index (χ1n) is 9.03. The van der Waals surface area contributed by atoms with Gasteiger partial charge in [-0.3, -0.25) is 9.59 Å². The van der Waals surface area contributed by atoms with Crippen molar-refractivity contribution >= 4 is 75.5 Å². The van der Waals surface area contributed by atoms with Gasteiger partial charge in [-0.2, -0.15) is 0 Å². The first-order chi connectivity index (χ1) is 14.4. The standard InChI is InChI=1S/C20H13Cl5F2N2O2/c21-9-3-8(4-10(22)5-9)15-16(20(15,24)25)18(31)28-11-1-2-13(23)12(6-11)17(30)29-14-7-19(14,26)27/h1-6,14-16H,7H2,(H,28,31)(H,29,30)/t14?,15-,16+/m1/s1. The van der Waals surface area contributed by atoms with Crippen LogP contribution in [-0.4, -0.2) is 28.1 Å². The molecule has 2 fully saturated rings. The topological polar surface area (TPSA) is 58.2 Å². The number of carbonyl (C=O) groups excluding carboxylic acids is 2. The minimum Gasteiger partial charge on any atom is -0.343 e. The summed E-state index contributed by atoms with van der Waals surface area (Å²) >= 11 is 30.7. The molecule has 0 aliphatic heterocycles. The summed E-state index contributed by atoms with van der Waals surface area (Å²) in [6.45, 7) is 0. The van der Waals surface area contributed by atoms with Gasteiger partial charge in [0.2, 0.25) is 5.91 Å². The van der Waals surface area contributed by atoms with Gasteiger partial charge < -0.3 is 10.6 Å². The minimum atomic E-state index is -2.91. The number of amides is 2. The Morgan fingerprint density at radius 3 is 2.19 bits per heavy atom. The molecule has 3 atom stereocenters. The number of nitrogens with one attached hydrogen (secondary N) is 2. The highest BCUT2D eigenvalue weighted by molar-refractivity contribution is 6.53. The van der Waals surface area contributed by atoms with Crippen LogP contribution in [0.3, 0.4) is 0 Å². The molecular weight excluding hydrogens is 515 g/mol. The predicted molar refractivity (Wildman–Crippen MR) is 118 cm³/mol. The minimum absolute atomic E-state index is 0.0425. The van der Waals surface area contributed by atoms with E-state index < -0.39 is 46.4 Å². The van der Waals surface area contributed by atoms with E-state index in [0.29, 0.717) is 15.6 Å². The summed E-state index contributed by atoms with van der Waals surface area (Å²) in [6, 6.07) is 7.74. The number of anilines is 1. The number of alkyl halides is 4. The Morgan fingerprint density at radius 2 is 1.61 bits per heavy atom. The van der Waals surface area contributed by atoms with Crippen molar-refractivity contribution in [3.8, 4) is 0 Å². The highest BCUT2D eigenvalue weighted by Crippen LogP contribution is 2.65. The Bertz CT molecular complexity index is 1070. The van der Waals surface area contributed by atoms with Crippen molar-refractivity contribution in [3.05, 3.63) is 62.6 Å². The van der Waals surface area contributed by atoms with E-state index in [1.807, 2.05) is 0 Å². The quantitative estimate of drug-likeness (QED) is 0.447. The molecular formula is C20H13Cl5F2N2O2. The summed E-state index contributed by atoms with van der Waals surface area (Å²) in [6.07, 6.45) is -0.420. The largest absolute Gasteiger partial charge is 0.343 e. The lowest BCUT2D eigenvalue weighted by Gasteiger charge is -2.10. The van der Waals surface area contributed by atoms with Crippen molar-refractivity contribution in [1.29, 1.82) is 0 Å². The predicted octanol–water partition coefficient (Wildman–Crippen LogP) is 6.31. The molecule has 0 spiro atoms. The summed E-state index contributed by atoms with van der Waals surface area (Å²) < 4.78 is 24.8. The lowest BCUT2D eigenvalue weighted by Crippen LogP contribution is -2.29. The van der Waals surface area contributed by atoms with Crippen molar-refractivity contribution < 1.29 is 18.4 Å². The molecule has 1 unspecified atom stereocenters. The van der Waals surface area contributed by atoms with E-state index >= 15 is 0 Å². The van der Waals surface area contributed by atoms with Gasteiger partial charge >= 0.3 is 0 Å². The molecule has 0 bridgehead atoms. The molecule has 2 aromatic rings. The molecule has 11 heteroatoms. The monoisotopic (exact) mass is 526 g/mol. The summed E-state index contributed by atoms with van der Waals surface area (Å²) in [4.78, 5) is 25.1. The zero-order valence-corrected chi connectivity index (χ0v) is 19.1. The van der Waals surface area contributed by atoms with Crippen molar-refractivity contribution in [1.82, 2.24) is 5.32 Å². The molecule has 0 radical (unpaired) electrons. The van der Waals surface area contributed by atoms with Gasteiger partial charge in [-0.1, -0.05) is 34.8 Å². The van der Waals surface area contributed by atoms with Crippen molar-refractivity contribution in [3.63, 3.8) is 0 Å². The van der Waals surface area contributed by atoms with Crippen LogP contribution < -0.4 is 10.6 Å². The second kappa shape index (κ2) is 7.92. The molecule has 164 valence electrons. The highest BCUT2D eigenvalue weighted by atomic mass is 35.5. The number of hydrogen-bond acceptors (Lipinski definition) is 2. The lowest BCUT2D eigenvalue weighted by atomic mass is 10.1. The van der Waals surface area contributed by atoms with E-state index in [1.165, 1.54) is 18.2 Å². The van der Waals surface area contributed by atoms with E-state index in [2.05, 4.69) is 10.6 Å². The molecule has 0 aromatic heterocycles. The third kappa shape index (κ3) is 4.60. The van der Waals surface area contributed by atoms with Crippen LogP contribution in [0.5, 0.6) is 0 Å².